The van der Waals surface area contributed by atoms with Gasteiger partial charge in [-0.2, -0.15) is 4.31 Å². The summed E-state index contributed by atoms with van der Waals surface area (Å²) in [6, 6.07) is 14.5. The molecule has 46 heavy (non-hydrogen) atoms. The number of hydrogen-bond acceptors (Lipinski definition) is 11. The number of sulfonamides is 1. The molecule has 246 valence electrons. The van der Waals surface area contributed by atoms with E-state index in [2.05, 4.69) is 25.5 Å². The molecular weight excluding hydrogens is 614 g/mol. The molecule has 2 N–H and O–H groups in total. The maximum Gasteiger partial charge on any atom is 0.361 e. The first kappa shape index (κ1) is 32.9. The Hall–Kier alpha value is -4.47. The highest BCUT2D eigenvalue weighted by Gasteiger charge is 2.27. The predicted molar refractivity (Wildman–Crippen MR) is 174 cm³/mol. The quantitative estimate of drug-likeness (QED) is 0.310. The van der Waals surface area contributed by atoms with Gasteiger partial charge in [0.1, 0.15) is 6.10 Å². The van der Waals surface area contributed by atoms with Gasteiger partial charge < -0.3 is 34.6 Å². The third-order valence-corrected chi connectivity index (χ3v) is 8.90. The van der Waals surface area contributed by atoms with E-state index in [1.54, 1.807) is 6.92 Å². The van der Waals surface area contributed by atoms with Crippen molar-refractivity contribution in [3.05, 3.63) is 66.0 Å². The molecule has 0 radical (unpaired) electrons. The lowest BCUT2D eigenvalue weighted by Gasteiger charge is -2.34. The van der Waals surface area contributed by atoms with Crippen LogP contribution in [-0.4, -0.2) is 100 Å². The summed E-state index contributed by atoms with van der Waals surface area (Å²) in [5, 5.41) is 5.68. The van der Waals surface area contributed by atoms with Crippen molar-refractivity contribution in [1.82, 2.24) is 14.3 Å². The number of carbonyl (C=O) groups excluding carboxylic acids is 2. The number of esters is 1. The molecular formula is C31H39N7O7S. The van der Waals surface area contributed by atoms with Crippen molar-refractivity contribution in [1.29, 1.82) is 0 Å². The predicted octanol–water partition coefficient (Wildman–Crippen LogP) is 3.36. The lowest BCUT2D eigenvalue weighted by Crippen LogP contribution is -2.48. The van der Waals surface area contributed by atoms with Crippen LogP contribution in [0.2, 0.25) is 0 Å². The van der Waals surface area contributed by atoms with Crippen LogP contribution in [-0.2, 0) is 19.5 Å². The fraction of sp³-hybridized carbons (Fsp3) is 0.419. The van der Waals surface area contributed by atoms with Crippen LogP contribution in [0.5, 0.6) is 5.75 Å². The number of nitrogens with one attached hydrogen (secondary N) is 2. The Bertz CT molecular complexity index is 1610. The first-order valence-corrected chi connectivity index (χ1v) is 17.0. The molecule has 5 rings (SSSR count). The van der Waals surface area contributed by atoms with Crippen LogP contribution >= 0.6 is 0 Å². The molecule has 1 aromatic heterocycles. The van der Waals surface area contributed by atoms with Gasteiger partial charge in [0.25, 0.3) is 0 Å². The first-order chi connectivity index (χ1) is 22.1. The zero-order chi connectivity index (χ0) is 32.7. The zero-order valence-corrected chi connectivity index (χ0v) is 27.0. The second-order valence-corrected chi connectivity index (χ2v) is 12.7. The largest absolute Gasteiger partial charge is 0.490 e. The van der Waals surface area contributed by atoms with Crippen molar-refractivity contribution in [2.75, 3.05) is 85.8 Å². The fourth-order valence-corrected chi connectivity index (χ4v) is 6.09. The summed E-state index contributed by atoms with van der Waals surface area (Å²) in [5.74, 6) is 0.101. The number of anilines is 4. The lowest BCUT2D eigenvalue weighted by atomic mass is 10.1. The summed E-state index contributed by atoms with van der Waals surface area (Å²) in [5.41, 5.74) is 3.22. The molecule has 2 aliphatic heterocycles. The summed E-state index contributed by atoms with van der Waals surface area (Å²) in [7, 11) is -3.18. The summed E-state index contributed by atoms with van der Waals surface area (Å²) in [4.78, 5) is 38.1. The Kier molecular flexibility index (Phi) is 10.6. The molecule has 0 aliphatic carbocycles. The minimum Gasteiger partial charge on any atom is -0.490 e. The molecule has 1 unspecified atom stereocenters. The Labute approximate surface area is 268 Å². The second-order valence-electron chi connectivity index (χ2n) is 10.7. The zero-order valence-electron chi connectivity index (χ0n) is 26.1. The smallest absolute Gasteiger partial charge is 0.361 e. The van der Waals surface area contributed by atoms with Gasteiger partial charge in [-0.3, -0.25) is 0 Å². The lowest BCUT2D eigenvalue weighted by molar-refractivity contribution is 0.0391. The standard InChI is InChI=1S/C31H39N7O7S/c1-4-43-26-20-32-30(35-28(26)29(39)44-5-2)37-18-19-45-27(21-37)22-6-8-23(9-7-22)33-31(40)34-24-10-12-25(13-11-24)36-14-16-38(17-15-36)46(3,41)42/h6-13,20,27H,4-5,14-19,21H2,1-3H3,(H2,33,34,40). The molecule has 3 aromatic rings. The maximum absolute atomic E-state index is 12.7. The number of urea groups is 1. The molecule has 0 spiro atoms. The van der Waals surface area contributed by atoms with Crippen LogP contribution in [0.1, 0.15) is 36.0 Å². The van der Waals surface area contributed by atoms with Crippen molar-refractivity contribution in [2.24, 2.45) is 0 Å². The van der Waals surface area contributed by atoms with Gasteiger partial charge in [-0.1, -0.05) is 12.1 Å². The third-order valence-electron chi connectivity index (χ3n) is 7.60. The van der Waals surface area contributed by atoms with E-state index in [9.17, 15) is 18.0 Å². The molecule has 0 bridgehead atoms. The Morgan fingerprint density at radius 1 is 0.913 bits per heavy atom. The van der Waals surface area contributed by atoms with Gasteiger partial charge in [-0.25, -0.2) is 28.0 Å². The number of aromatic nitrogens is 2. The molecule has 3 heterocycles. The second kappa shape index (κ2) is 14.7. The molecule has 14 nitrogen and oxygen atoms in total. The van der Waals surface area contributed by atoms with Gasteiger partial charge in [0.2, 0.25) is 16.0 Å². The average molecular weight is 654 g/mol. The maximum atomic E-state index is 12.7. The van der Waals surface area contributed by atoms with Gasteiger partial charge in [-0.05, 0) is 55.8 Å². The van der Waals surface area contributed by atoms with E-state index < -0.39 is 16.0 Å². The number of piperazine rings is 1. The van der Waals surface area contributed by atoms with E-state index in [1.165, 1.54) is 16.8 Å². The average Bonchev–Trinajstić information content (AvgIpc) is 3.05. The highest BCUT2D eigenvalue weighted by atomic mass is 32.2. The van der Waals surface area contributed by atoms with Crippen molar-refractivity contribution < 1.29 is 32.2 Å². The van der Waals surface area contributed by atoms with Crippen molar-refractivity contribution in [3.8, 4) is 5.75 Å². The van der Waals surface area contributed by atoms with Gasteiger partial charge in [0.15, 0.2) is 11.4 Å². The molecule has 15 heteroatoms. The number of morpholine rings is 1. The topological polar surface area (TPSA) is 156 Å². The van der Waals surface area contributed by atoms with Gasteiger partial charge in [-0.15, -0.1) is 0 Å². The molecule has 2 saturated heterocycles. The van der Waals surface area contributed by atoms with Crippen LogP contribution in [0.3, 0.4) is 0 Å². The van der Waals surface area contributed by atoms with Crippen LogP contribution in [0.15, 0.2) is 54.7 Å². The van der Waals surface area contributed by atoms with Crippen molar-refractivity contribution in [3.63, 3.8) is 0 Å². The van der Waals surface area contributed by atoms with E-state index >= 15 is 0 Å². The Morgan fingerprint density at radius 2 is 1.57 bits per heavy atom. The van der Waals surface area contributed by atoms with Crippen LogP contribution < -0.4 is 25.2 Å². The van der Waals surface area contributed by atoms with Gasteiger partial charge in [0.05, 0.1) is 38.8 Å². The normalized spacial score (nSPS) is 17.3. The summed E-state index contributed by atoms with van der Waals surface area (Å²) in [6.07, 6.45) is 2.45. The molecule has 2 fully saturated rings. The monoisotopic (exact) mass is 653 g/mol. The SMILES string of the molecule is CCOC(=O)c1nc(N2CCOC(c3ccc(NC(=O)Nc4ccc(N5CCN(S(C)(=O)=O)CC5)cc4)cc3)C2)ncc1OCC. The third kappa shape index (κ3) is 8.21. The van der Waals surface area contributed by atoms with Crippen molar-refractivity contribution >= 4 is 45.0 Å². The number of nitrogens with zero attached hydrogens (tertiary/aromatic N) is 5. The Balaban J connectivity index is 1.15. The number of amides is 2. The minimum absolute atomic E-state index is 0.0892. The van der Waals surface area contributed by atoms with Crippen LogP contribution in [0.4, 0.5) is 27.8 Å². The molecule has 2 aromatic carbocycles. The number of benzene rings is 2. The van der Waals surface area contributed by atoms with E-state index in [0.717, 1.165) is 11.3 Å². The van der Waals surface area contributed by atoms with E-state index in [4.69, 9.17) is 14.2 Å². The number of ether oxygens (including phenoxy) is 3. The summed E-state index contributed by atoms with van der Waals surface area (Å²) >= 11 is 0. The number of carbonyl (C=O) groups is 2. The highest BCUT2D eigenvalue weighted by Crippen LogP contribution is 2.28. The molecule has 2 aliphatic rings. The van der Waals surface area contributed by atoms with E-state index in [1.807, 2.05) is 60.4 Å². The number of rotatable bonds is 10. The van der Waals surface area contributed by atoms with Crippen molar-refractivity contribution in [2.45, 2.75) is 20.0 Å². The van der Waals surface area contributed by atoms with E-state index in [-0.39, 0.29) is 30.2 Å². The highest BCUT2D eigenvalue weighted by molar-refractivity contribution is 7.88. The molecule has 2 amide bonds. The summed E-state index contributed by atoms with van der Waals surface area (Å²) < 4.78 is 41.7. The summed E-state index contributed by atoms with van der Waals surface area (Å²) in [6.45, 7) is 7.68. The molecule has 0 saturated carbocycles. The number of hydrogen-bond donors (Lipinski definition) is 2. The Morgan fingerprint density at radius 3 is 2.17 bits per heavy atom. The fourth-order valence-electron chi connectivity index (χ4n) is 5.26. The van der Waals surface area contributed by atoms with Crippen LogP contribution in [0.25, 0.3) is 0 Å². The molecule has 1 atom stereocenters. The van der Waals surface area contributed by atoms with Crippen LogP contribution in [0, 0.1) is 0 Å². The first-order valence-electron chi connectivity index (χ1n) is 15.2. The minimum atomic E-state index is -3.18. The van der Waals surface area contributed by atoms with Gasteiger partial charge >= 0.3 is 12.0 Å². The van der Waals surface area contributed by atoms with E-state index in [0.29, 0.717) is 69.8 Å². The van der Waals surface area contributed by atoms with Gasteiger partial charge in [0, 0.05) is 49.8 Å².